The summed E-state index contributed by atoms with van der Waals surface area (Å²) in [6, 6.07) is -0.465. The summed E-state index contributed by atoms with van der Waals surface area (Å²) in [5.41, 5.74) is 0. The Morgan fingerprint density at radius 2 is 2.11 bits per heavy atom. The summed E-state index contributed by atoms with van der Waals surface area (Å²) >= 11 is 0. The summed E-state index contributed by atoms with van der Waals surface area (Å²) in [5, 5.41) is 5.89. The van der Waals surface area contributed by atoms with E-state index in [4.69, 9.17) is 4.74 Å². The molecule has 0 aliphatic carbocycles. The number of rotatable bonds is 3. The molecule has 1 unspecified atom stereocenters. The van der Waals surface area contributed by atoms with E-state index in [2.05, 4.69) is 10.6 Å². The number of hydrogen-bond acceptors (Lipinski definition) is 4. The molecule has 2 fully saturated rings. The first-order chi connectivity index (χ1) is 9.22. The minimum atomic E-state index is -0.465. The summed E-state index contributed by atoms with van der Waals surface area (Å²) in [5.74, 6) is 0.393. The van der Waals surface area contributed by atoms with Crippen molar-refractivity contribution in [2.24, 2.45) is 5.92 Å². The van der Waals surface area contributed by atoms with Gasteiger partial charge in [-0.2, -0.15) is 0 Å². The Kier molecular flexibility index (Phi) is 5.15. The highest BCUT2D eigenvalue weighted by molar-refractivity contribution is 5.87. The lowest BCUT2D eigenvalue weighted by molar-refractivity contribution is -0.149. The highest BCUT2D eigenvalue weighted by atomic mass is 16.5. The minimum absolute atomic E-state index is 0.0869. The van der Waals surface area contributed by atoms with Crippen LogP contribution < -0.4 is 10.6 Å². The van der Waals surface area contributed by atoms with Crippen LogP contribution in [0.2, 0.25) is 0 Å². The average molecular weight is 269 g/mol. The number of amides is 2. The molecule has 1 atom stereocenters. The predicted molar refractivity (Wildman–Crippen MR) is 70.6 cm³/mol. The number of hydrogen-bond donors (Lipinski definition) is 2. The van der Waals surface area contributed by atoms with Gasteiger partial charge in [0.15, 0.2) is 0 Å². The van der Waals surface area contributed by atoms with Gasteiger partial charge >= 0.3 is 0 Å². The molecule has 0 saturated carbocycles. The third kappa shape index (κ3) is 3.67. The lowest BCUT2D eigenvalue weighted by atomic mass is 9.93. The van der Waals surface area contributed by atoms with Gasteiger partial charge in [-0.05, 0) is 31.8 Å². The zero-order valence-electron chi connectivity index (χ0n) is 11.5. The molecular formula is C13H23N3O3. The molecule has 0 aromatic rings. The van der Waals surface area contributed by atoms with E-state index in [-0.39, 0.29) is 11.8 Å². The second-order valence-corrected chi connectivity index (χ2v) is 5.19. The van der Waals surface area contributed by atoms with Gasteiger partial charge in [0.2, 0.25) is 11.8 Å². The van der Waals surface area contributed by atoms with Crippen LogP contribution >= 0.6 is 0 Å². The first kappa shape index (κ1) is 14.3. The topological polar surface area (TPSA) is 70.7 Å². The lowest BCUT2D eigenvalue weighted by Gasteiger charge is -2.35. The fourth-order valence-corrected chi connectivity index (χ4v) is 2.74. The Balaban J connectivity index is 1.92. The van der Waals surface area contributed by atoms with Crippen LogP contribution in [0.15, 0.2) is 0 Å². The van der Waals surface area contributed by atoms with Crippen molar-refractivity contribution >= 4 is 11.8 Å². The van der Waals surface area contributed by atoms with Crippen molar-refractivity contribution < 1.29 is 14.3 Å². The first-order valence-corrected chi connectivity index (χ1v) is 7.02. The van der Waals surface area contributed by atoms with E-state index in [1.165, 1.54) is 0 Å². The Hall–Kier alpha value is -1.14. The molecule has 2 heterocycles. The van der Waals surface area contributed by atoms with Crippen LogP contribution in [0.3, 0.4) is 0 Å². The molecule has 108 valence electrons. The second kappa shape index (κ2) is 6.86. The van der Waals surface area contributed by atoms with Crippen molar-refractivity contribution in [1.29, 1.82) is 0 Å². The van der Waals surface area contributed by atoms with Crippen LogP contribution in [0.5, 0.6) is 0 Å². The van der Waals surface area contributed by atoms with Gasteiger partial charge in [0.25, 0.3) is 0 Å². The van der Waals surface area contributed by atoms with Crippen molar-refractivity contribution in [3.05, 3.63) is 0 Å². The van der Waals surface area contributed by atoms with Gasteiger partial charge in [0.05, 0.1) is 13.2 Å². The molecule has 6 nitrogen and oxygen atoms in total. The molecule has 19 heavy (non-hydrogen) atoms. The normalized spacial score (nSPS) is 25.1. The molecule has 0 aromatic heterocycles. The van der Waals surface area contributed by atoms with Gasteiger partial charge in [-0.25, -0.2) is 0 Å². The zero-order valence-corrected chi connectivity index (χ0v) is 11.5. The Morgan fingerprint density at radius 3 is 2.79 bits per heavy atom. The molecule has 2 amide bonds. The second-order valence-electron chi connectivity index (χ2n) is 5.19. The van der Waals surface area contributed by atoms with Crippen LogP contribution in [0.25, 0.3) is 0 Å². The van der Waals surface area contributed by atoms with Crippen LogP contribution in [0.1, 0.15) is 19.3 Å². The summed E-state index contributed by atoms with van der Waals surface area (Å²) in [6.45, 7) is 3.31. The number of carbonyl (C=O) groups is 2. The van der Waals surface area contributed by atoms with Crippen LogP contribution in [0, 0.1) is 5.92 Å². The molecule has 2 rings (SSSR count). The highest BCUT2D eigenvalue weighted by Gasteiger charge is 2.33. The monoisotopic (exact) mass is 269 g/mol. The van der Waals surface area contributed by atoms with Gasteiger partial charge in [0.1, 0.15) is 6.04 Å². The molecule has 2 aliphatic heterocycles. The molecule has 0 spiro atoms. The maximum absolute atomic E-state index is 12.4. The number of piperidine rings is 1. The number of morpholine rings is 1. The molecule has 0 aromatic carbocycles. The van der Waals surface area contributed by atoms with Gasteiger partial charge in [-0.1, -0.05) is 0 Å². The van der Waals surface area contributed by atoms with Gasteiger partial charge in [0, 0.05) is 20.0 Å². The number of nitrogens with zero attached hydrogens (tertiary/aromatic N) is 1. The number of ether oxygens (including phenoxy) is 1. The summed E-state index contributed by atoms with van der Waals surface area (Å²) in [4.78, 5) is 25.8. The third-order valence-electron chi connectivity index (χ3n) is 3.92. The predicted octanol–water partition coefficient (Wildman–Crippen LogP) is -0.650. The number of carbonyl (C=O) groups excluding carboxylic acids is 2. The molecular weight excluding hydrogens is 246 g/mol. The van der Waals surface area contributed by atoms with Crippen molar-refractivity contribution in [1.82, 2.24) is 15.5 Å². The maximum Gasteiger partial charge on any atom is 0.244 e. The molecule has 0 radical (unpaired) electrons. The van der Waals surface area contributed by atoms with E-state index in [1.54, 1.807) is 11.9 Å². The van der Waals surface area contributed by atoms with Crippen molar-refractivity contribution in [3.8, 4) is 0 Å². The van der Waals surface area contributed by atoms with Gasteiger partial charge in [-0.3, -0.25) is 9.59 Å². The standard InChI is InChI=1S/C13H23N3O3/c1-14-13(18)11-9-19-7-6-16(11)12(17)8-10-2-4-15-5-3-10/h10-11,15H,2-9H2,1H3,(H,14,18). The maximum atomic E-state index is 12.4. The Bertz CT molecular complexity index is 329. The van der Waals surface area contributed by atoms with E-state index in [0.717, 1.165) is 25.9 Å². The molecule has 0 bridgehead atoms. The van der Waals surface area contributed by atoms with Crippen molar-refractivity contribution in [2.75, 3.05) is 39.9 Å². The van der Waals surface area contributed by atoms with E-state index in [1.807, 2.05) is 0 Å². The molecule has 6 heteroatoms. The van der Waals surface area contributed by atoms with E-state index >= 15 is 0 Å². The summed E-state index contributed by atoms with van der Waals surface area (Å²) in [6.07, 6.45) is 2.64. The summed E-state index contributed by atoms with van der Waals surface area (Å²) in [7, 11) is 1.59. The molecule has 2 saturated heterocycles. The third-order valence-corrected chi connectivity index (χ3v) is 3.92. The molecule has 2 aliphatic rings. The zero-order chi connectivity index (χ0) is 13.7. The minimum Gasteiger partial charge on any atom is -0.377 e. The SMILES string of the molecule is CNC(=O)C1COCCN1C(=O)CC1CCNCC1. The quantitative estimate of drug-likeness (QED) is 0.714. The first-order valence-electron chi connectivity index (χ1n) is 7.02. The largest absolute Gasteiger partial charge is 0.377 e. The Morgan fingerprint density at radius 1 is 1.37 bits per heavy atom. The number of likely N-dealkylation sites (N-methyl/N-ethyl adjacent to an activating group) is 1. The van der Waals surface area contributed by atoms with E-state index in [0.29, 0.717) is 32.1 Å². The van der Waals surface area contributed by atoms with Crippen LogP contribution in [-0.2, 0) is 14.3 Å². The molecule has 2 N–H and O–H groups in total. The van der Waals surface area contributed by atoms with E-state index in [9.17, 15) is 9.59 Å². The fourth-order valence-electron chi connectivity index (χ4n) is 2.74. The smallest absolute Gasteiger partial charge is 0.244 e. The van der Waals surface area contributed by atoms with Crippen molar-refractivity contribution in [3.63, 3.8) is 0 Å². The van der Waals surface area contributed by atoms with Crippen molar-refractivity contribution in [2.45, 2.75) is 25.3 Å². The van der Waals surface area contributed by atoms with Crippen LogP contribution in [-0.4, -0.2) is 62.7 Å². The fraction of sp³-hybridized carbons (Fsp3) is 0.846. The van der Waals surface area contributed by atoms with Gasteiger partial charge < -0.3 is 20.3 Å². The average Bonchev–Trinajstić information content (AvgIpc) is 2.47. The Labute approximate surface area is 113 Å². The van der Waals surface area contributed by atoms with E-state index < -0.39 is 6.04 Å². The highest BCUT2D eigenvalue weighted by Crippen LogP contribution is 2.19. The van der Waals surface area contributed by atoms with Gasteiger partial charge in [-0.15, -0.1) is 0 Å². The lowest BCUT2D eigenvalue weighted by Crippen LogP contribution is -2.55. The number of nitrogens with one attached hydrogen (secondary N) is 2. The van der Waals surface area contributed by atoms with Crippen LogP contribution in [0.4, 0.5) is 0 Å². The summed E-state index contributed by atoms with van der Waals surface area (Å²) < 4.78 is 5.31.